The Kier molecular flexibility index (Phi) is 5.61. The number of carbonyl (C=O) groups excluding carboxylic acids is 1. The number of hydrogen-bond acceptors (Lipinski definition) is 3. The summed E-state index contributed by atoms with van der Waals surface area (Å²) in [7, 11) is 0. The molecule has 20 heavy (non-hydrogen) atoms. The molecule has 112 valence electrons. The highest BCUT2D eigenvalue weighted by Crippen LogP contribution is 2.15. The second-order valence-electron chi connectivity index (χ2n) is 5.24. The average Bonchev–Trinajstić information content (AvgIpc) is 2.74. The van der Waals surface area contributed by atoms with Gasteiger partial charge in [-0.25, -0.2) is 4.79 Å². The monoisotopic (exact) mass is 282 g/mol. The van der Waals surface area contributed by atoms with Crippen molar-refractivity contribution in [2.45, 2.75) is 46.2 Å². The van der Waals surface area contributed by atoms with Gasteiger partial charge in [0.25, 0.3) is 0 Å². The maximum atomic E-state index is 11.9. The van der Waals surface area contributed by atoms with Gasteiger partial charge in [0.05, 0.1) is 12.5 Å². The van der Waals surface area contributed by atoms with Gasteiger partial charge >= 0.3 is 12.0 Å². The molecule has 1 aromatic heterocycles. The van der Waals surface area contributed by atoms with Gasteiger partial charge < -0.3 is 20.2 Å². The number of carboxylic acids is 1. The van der Waals surface area contributed by atoms with Gasteiger partial charge in [-0.2, -0.15) is 0 Å². The maximum absolute atomic E-state index is 11.9. The molecule has 6 nitrogen and oxygen atoms in total. The van der Waals surface area contributed by atoms with E-state index in [2.05, 4.69) is 10.6 Å². The third kappa shape index (κ3) is 4.95. The van der Waals surface area contributed by atoms with Crippen molar-refractivity contribution in [1.29, 1.82) is 0 Å². The first kappa shape index (κ1) is 16.1. The zero-order valence-corrected chi connectivity index (χ0v) is 12.3. The van der Waals surface area contributed by atoms with Crippen molar-refractivity contribution >= 4 is 12.0 Å². The lowest BCUT2D eigenvalue weighted by molar-refractivity contribution is -0.137. The van der Waals surface area contributed by atoms with Gasteiger partial charge in [-0.1, -0.05) is 13.8 Å². The molecule has 0 radical (unpaired) electrons. The third-order valence-corrected chi connectivity index (χ3v) is 3.05. The fourth-order valence-corrected chi connectivity index (χ4v) is 1.81. The molecule has 0 bridgehead atoms. The molecule has 1 rings (SSSR count). The highest BCUT2D eigenvalue weighted by Gasteiger charge is 2.20. The van der Waals surface area contributed by atoms with E-state index in [1.165, 1.54) is 0 Å². The van der Waals surface area contributed by atoms with E-state index in [1.807, 2.05) is 26.8 Å². The van der Waals surface area contributed by atoms with Crippen LogP contribution in [0.25, 0.3) is 0 Å². The summed E-state index contributed by atoms with van der Waals surface area (Å²) in [5, 5.41) is 14.2. The van der Waals surface area contributed by atoms with Crippen molar-refractivity contribution < 1.29 is 19.1 Å². The van der Waals surface area contributed by atoms with Crippen molar-refractivity contribution in [3.8, 4) is 0 Å². The second-order valence-corrected chi connectivity index (χ2v) is 5.24. The van der Waals surface area contributed by atoms with Crippen molar-refractivity contribution in [3.63, 3.8) is 0 Å². The molecule has 1 heterocycles. The van der Waals surface area contributed by atoms with Crippen LogP contribution in [0.2, 0.25) is 0 Å². The molecule has 0 aliphatic carbocycles. The molecular formula is C14H22N2O4. The van der Waals surface area contributed by atoms with E-state index in [0.29, 0.717) is 5.76 Å². The van der Waals surface area contributed by atoms with E-state index in [-0.39, 0.29) is 18.4 Å². The van der Waals surface area contributed by atoms with Gasteiger partial charge in [0, 0.05) is 6.04 Å². The Morgan fingerprint density at radius 2 is 1.90 bits per heavy atom. The van der Waals surface area contributed by atoms with E-state index in [4.69, 9.17) is 9.52 Å². The van der Waals surface area contributed by atoms with Crippen LogP contribution in [-0.4, -0.2) is 23.1 Å². The molecule has 2 unspecified atom stereocenters. The Morgan fingerprint density at radius 1 is 1.25 bits per heavy atom. The van der Waals surface area contributed by atoms with Gasteiger partial charge in [-0.15, -0.1) is 0 Å². The topological polar surface area (TPSA) is 91.6 Å². The molecule has 2 amide bonds. The lowest BCUT2D eigenvalue weighted by Crippen LogP contribution is -2.46. The zero-order valence-electron chi connectivity index (χ0n) is 12.3. The first-order chi connectivity index (χ1) is 9.29. The van der Waals surface area contributed by atoms with Gasteiger partial charge in [0.2, 0.25) is 0 Å². The molecule has 3 N–H and O–H groups in total. The van der Waals surface area contributed by atoms with Crippen molar-refractivity contribution in [3.05, 3.63) is 23.7 Å². The molecule has 2 atom stereocenters. The normalized spacial score (nSPS) is 13.8. The Morgan fingerprint density at radius 3 is 2.35 bits per heavy atom. The number of aryl methyl sites for hydroxylation is 1. The quantitative estimate of drug-likeness (QED) is 0.747. The maximum Gasteiger partial charge on any atom is 0.315 e. The second kappa shape index (κ2) is 6.98. The molecule has 0 saturated heterocycles. The van der Waals surface area contributed by atoms with Gasteiger partial charge in [0.15, 0.2) is 0 Å². The summed E-state index contributed by atoms with van der Waals surface area (Å²) in [6.07, 6.45) is -0.0979. The molecule has 0 spiro atoms. The van der Waals surface area contributed by atoms with Crippen LogP contribution < -0.4 is 10.6 Å². The molecule has 0 aliphatic heterocycles. The Balaban J connectivity index is 2.55. The smallest absolute Gasteiger partial charge is 0.315 e. The first-order valence-corrected chi connectivity index (χ1v) is 6.64. The summed E-state index contributed by atoms with van der Waals surface area (Å²) in [4.78, 5) is 22.6. The first-order valence-electron chi connectivity index (χ1n) is 6.64. The predicted molar refractivity (Wildman–Crippen MR) is 74.4 cm³/mol. The van der Waals surface area contributed by atoms with Gasteiger partial charge in [-0.3, -0.25) is 4.79 Å². The summed E-state index contributed by atoms with van der Waals surface area (Å²) in [5.74, 6) is 0.550. The number of furan rings is 1. The van der Waals surface area contributed by atoms with E-state index in [9.17, 15) is 9.59 Å². The number of nitrogens with one attached hydrogen (secondary N) is 2. The Labute approximate surface area is 118 Å². The predicted octanol–water partition coefficient (Wildman–Crippen LogP) is 2.45. The van der Waals surface area contributed by atoms with Crippen molar-refractivity contribution in [2.75, 3.05) is 0 Å². The fraction of sp³-hybridized carbons (Fsp3) is 0.571. The molecule has 0 fully saturated rings. The van der Waals surface area contributed by atoms with Crippen LogP contribution in [0.4, 0.5) is 4.79 Å². The van der Waals surface area contributed by atoms with E-state index in [0.717, 1.165) is 5.76 Å². The van der Waals surface area contributed by atoms with Crippen LogP contribution in [0.1, 0.15) is 44.8 Å². The number of urea groups is 1. The van der Waals surface area contributed by atoms with Gasteiger partial charge in [0.1, 0.15) is 11.5 Å². The van der Waals surface area contributed by atoms with Crippen molar-refractivity contribution in [2.24, 2.45) is 5.92 Å². The average molecular weight is 282 g/mol. The number of carbonyl (C=O) groups is 2. The highest BCUT2D eigenvalue weighted by atomic mass is 16.4. The Bertz CT molecular complexity index is 467. The number of amides is 2. The lowest BCUT2D eigenvalue weighted by atomic mass is 10.0. The number of rotatable bonds is 6. The zero-order chi connectivity index (χ0) is 15.3. The van der Waals surface area contributed by atoms with Crippen LogP contribution in [-0.2, 0) is 4.79 Å². The fourth-order valence-electron chi connectivity index (χ4n) is 1.81. The van der Waals surface area contributed by atoms with Crippen LogP contribution in [0, 0.1) is 12.8 Å². The number of carboxylic acid groups (broad SMARTS) is 1. The minimum Gasteiger partial charge on any atom is -0.481 e. The third-order valence-electron chi connectivity index (χ3n) is 3.05. The summed E-state index contributed by atoms with van der Waals surface area (Å²) in [5.41, 5.74) is 0. The molecular weight excluding hydrogens is 260 g/mol. The number of aliphatic carboxylic acids is 1. The minimum atomic E-state index is -0.932. The SMILES string of the molecule is Cc1ccc(C(C)NC(=O)NC(CC(=O)O)C(C)C)o1. The number of hydrogen-bond donors (Lipinski definition) is 3. The molecule has 0 aromatic carbocycles. The summed E-state index contributed by atoms with van der Waals surface area (Å²) < 4.78 is 5.43. The standard InChI is InChI=1S/C14H22N2O4/c1-8(2)11(7-13(17)18)16-14(19)15-10(4)12-6-5-9(3)20-12/h5-6,8,10-11H,7H2,1-4H3,(H,17,18)(H2,15,16,19). The van der Waals surface area contributed by atoms with E-state index >= 15 is 0 Å². The summed E-state index contributed by atoms with van der Waals surface area (Å²) in [6.45, 7) is 7.37. The summed E-state index contributed by atoms with van der Waals surface area (Å²) >= 11 is 0. The highest BCUT2D eigenvalue weighted by molar-refractivity contribution is 5.76. The Hall–Kier alpha value is -1.98. The van der Waals surface area contributed by atoms with Crippen LogP contribution >= 0.6 is 0 Å². The van der Waals surface area contributed by atoms with Crippen LogP contribution in [0.3, 0.4) is 0 Å². The van der Waals surface area contributed by atoms with Gasteiger partial charge in [-0.05, 0) is 31.9 Å². The molecule has 1 aromatic rings. The minimum absolute atomic E-state index is 0.0398. The van der Waals surface area contributed by atoms with E-state index in [1.54, 1.807) is 13.0 Å². The molecule has 0 aliphatic rings. The lowest BCUT2D eigenvalue weighted by Gasteiger charge is -2.22. The van der Waals surface area contributed by atoms with Crippen LogP contribution in [0.5, 0.6) is 0 Å². The largest absolute Gasteiger partial charge is 0.481 e. The molecule has 0 saturated carbocycles. The molecule has 6 heteroatoms. The van der Waals surface area contributed by atoms with Crippen molar-refractivity contribution in [1.82, 2.24) is 10.6 Å². The summed E-state index contributed by atoms with van der Waals surface area (Å²) in [6, 6.07) is 2.55. The van der Waals surface area contributed by atoms with Crippen LogP contribution in [0.15, 0.2) is 16.5 Å². The van der Waals surface area contributed by atoms with E-state index < -0.39 is 18.0 Å².